The van der Waals surface area contributed by atoms with Crippen LogP contribution in [0.4, 0.5) is 32.4 Å². The van der Waals surface area contributed by atoms with Crippen LogP contribution >= 0.6 is 40.0 Å². The average Bonchev–Trinajstić information content (AvgIpc) is 3.65. The van der Waals surface area contributed by atoms with Crippen LogP contribution in [0, 0.1) is 11.6 Å². The molecule has 1 N–H and O–H groups in total. The van der Waals surface area contributed by atoms with Gasteiger partial charge in [-0.25, -0.2) is 18.0 Å². The van der Waals surface area contributed by atoms with Crippen LogP contribution < -0.4 is 10.1 Å². The van der Waals surface area contributed by atoms with Crippen molar-refractivity contribution in [2.45, 2.75) is 52.1 Å². The Kier molecular flexibility index (Phi) is 12.5. The zero-order chi connectivity index (χ0) is 34.4. The number of benzene rings is 2. The van der Waals surface area contributed by atoms with Crippen LogP contribution in [0.3, 0.4) is 0 Å². The molecule has 2 aromatic carbocycles. The van der Waals surface area contributed by atoms with Crippen LogP contribution in [0.15, 0.2) is 37.1 Å². The summed E-state index contributed by atoms with van der Waals surface area (Å²) < 4.78 is 84.3. The lowest BCUT2D eigenvalue weighted by Gasteiger charge is -2.27. The Morgan fingerprint density at radius 3 is 2.38 bits per heavy atom. The van der Waals surface area contributed by atoms with E-state index < -0.39 is 35.4 Å². The van der Waals surface area contributed by atoms with Gasteiger partial charge < -0.3 is 24.4 Å². The number of carbonyl (C=O) groups excluding carboxylic acids is 1. The zero-order valence-corrected chi connectivity index (χ0v) is 29.3. The third-order valence-electron chi connectivity index (χ3n) is 6.39. The summed E-state index contributed by atoms with van der Waals surface area (Å²) >= 11 is 9.01. The quantitative estimate of drug-likeness (QED) is 0.0593. The second-order valence-electron chi connectivity index (χ2n) is 11.1. The molecule has 256 valence electrons. The monoisotopic (exact) mass is 817 g/mol. The SMILES string of the molecule is CC(C)(C)OC(=O)N(CCCCOCCNc1c(Cl)c(-n2cnnc2)cc2c1cnn2PI)Cc1cc(F)c(OC(F)(F)F)c(F)c1. The van der Waals surface area contributed by atoms with Crippen molar-refractivity contribution in [3.8, 4) is 11.4 Å². The normalized spacial score (nSPS) is 12.3. The second kappa shape index (κ2) is 15.9. The van der Waals surface area contributed by atoms with Gasteiger partial charge in [-0.2, -0.15) is 5.10 Å². The van der Waals surface area contributed by atoms with Gasteiger partial charge in [-0.15, -0.1) is 23.4 Å². The van der Waals surface area contributed by atoms with Gasteiger partial charge in [0.05, 0.1) is 41.1 Å². The molecule has 1 unspecified atom stereocenters. The fourth-order valence-electron chi connectivity index (χ4n) is 4.44. The number of nitrogens with zero attached hydrogens (tertiary/aromatic N) is 6. The highest BCUT2D eigenvalue weighted by molar-refractivity contribution is 14.2. The molecule has 2 heterocycles. The third kappa shape index (κ3) is 10.2. The molecular weight excluding hydrogens is 787 g/mol. The lowest BCUT2D eigenvalue weighted by molar-refractivity contribution is -0.276. The van der Waals surface area contributed by atoms with Gasteiger partial charge in [-0.05, 0) is 79.4 Å². The number of fused-ring (bicyclic) bond motifs is 1. The van der Waals surface area contributed by atoms with Crippen molar-refractivity contribution in [2.24, 2.45) is 0 Å². The molecule has 2 aromatic heterocycles. The molecule has 19 heteroatoms. The number of amides is 1. The second-order valence-corrected chi connectivity index (χ2v) is 13.5. The van der Waals surface area contributed by atoms with E-state index in [4.69, 9.17) is 21.1 Å². The molecule has 0 aliphatic heterocycles. The Bertz CT molecular complexity index is 1650. The van der Waals surface area contributed by atoms with Crippen LogP contribution in [0.5, 0.6) is 5.75 Å². The van der Waals surface area contributed by atoms with E-state index in [9.17, 15) is 26.7 Å². The van der Waals surface area contributed by atoms with Gasteiger partial charge in [-0.3, -0.25) is 4.57 Å². The van der Waals surface area contributed by atoms with Crippen molar-refractivity contribution in [2.75, 3.05) is 31.6 Å². The van der Waals surface area contributed by atoms with Crippen LogP contribution in [-0.4, -0.2) is 73.6 Å². The van der Waals surface area contributed by atoms with Crippen molar-refractivity contribution in [1.29, 1.82) is 0 Å². The highest BCUT2D eigenvalue weighted by Gasteiger charge is 2.34. The summed E-state index contributed by atoms with van der Waals surface area (Å²) in [5.41, 5.74) is 1.34. The average molecular weight is 818 g/mol. The Balaban J connectivity index is 1.31. The molecule has 1 amide bonds. The molecule has 1 atom stereocenters. The number of unbranched alkanes of at least 4 members (excludes halogenated alkanes) is 1. The van der Waals surface area contributed by atoms with Crippen molar-refractivity contribution in [3.63, 3.8) is 0 Å². The van der Waals surface area contributed by atoms with Crippen LogP contribution in [0.1, 0.15) is 39.2 Å². The zero-order valence-electron chi connectivity index (χ0n) is 25.4. The van der Waals surface area contributed by atoms with E-state index in [1.54, 1.807) is 44.2 Å². The van der Waals surface area contributed by atoms with E-state index in [1.807, 2.05) is 10.5 Å². The molecule has 47 heavy (non-hydrogen) atoms. The van der Waals surface area contributed by atoms with Gasteiger partial charge in [0, 0.05) is 31.6 Å². The molecule has 0 aliphatic rings. The Morgan fingerprint density at radius 1 is 1.09 bits per heavy atom. The van der Waals surface area contributed by atoms with Gasteiger partial charge >= 0.3 is 12.5 Å². The minimum atomic E-state index is -5.27. The number of alkyl halides is 3. The van der Waals surface area contributed by atoms with Crippen molar-refractivity contribution in [1.82, 2.24) is 29.2 Å². The van der Waals surface area contributed by atoms with Crippen molar-refractivity contribution >= 4 is 62.7 Å². The summed E-state index contributed by atoms with van der Waals surface area (Å²) in [4.78, 5) is 14.1. The predicted molar refractivity (Wildman–Crippen MR) is 176 cm³/mol. The van der Waals surface area contributed by atoms with Crippen LogP contribution in [0.25, 0.3) is 16.6 Å². The maximum absolute atomic E-state index is 14.3. The molecule has 0 radical (unpaired) electrons. The minimum absolute atomic E-state index is 0.0756. The number of halogens is 7. The summed E-state index contributed by atoms with van der Waals surface area (Å²) in [5, 5.41) is 16.8. The maximum Gasteiger partial charge on any atom is 0.573 e. The van der Waals surface area contributed by atoms with E-state index in [-0.39, 0.29) is 18.7 Å². The largest absolute Gasteiger partial charge is 0.573 e. The van der Waals surface area contributed by atoms with Gasteiger partial charge in [-0.1, -0.05) is 11.6 Å². The summed E-state index contributed by atoms with van der Waals surface area (Å²) in [6, 6.07) is 3.30. The summed E-state index contributed by atoms with van der Waals surface area (Å²) in [6.45, 7) is 5.90. The lowest BCUT2D eigenvalue weighted by atomic mass is 10.1. The van der Waals surface area contributed by atoms with E-state index in [1.165, 1.54) is 4.90 Å². The first kappa shape index (κ1) is 36.8. The number of aromatic nitrogens is 5. The van der Waals surface area contributed by atoms with Gasteiger partial charge in [0.15, 0.2) is 11.6 Å². The summed E-state index contributed by atoms with van der Waals surface area (Å²) in [7, 11) is 0. The van der Waals surface area contributed by atoms with Gasteiger partial charge in [0.1, 0.15) is 18.3 Å². The van der Waals surface area contributed by atoms with Gasteiger partial charge in [0.2, 0.25) is 5.75 Å². The minimum Gasteiger partial charge on any atom is -0.444 e. The first-order valence-electron chi connectivity index (χ1n) is 14.1. The number of anilines is 1. The Hall–Kier alpha value is -3.02. The number of hydrogen-bond donors (Lipinski definition) is 1. The molecular formula is C28H31ClF5IN7O4P. The maximum atomic E-state index is 14.3. The Morgan fingerprint density at radius 2 is 1.77 bits per heavy atom. The summed E-state index contributed by atoms with van der Waals surface area (Å²) in [5.74, 6) is -4.66. The smallest absolute Gasteiger partial charge is 0.444 e. The predicted octanol–water partition coefficient (Wildman–Crippen LogP) is 7.88. The van der Waals surface area contributed by atoms with E-state index in [0.29, 0.717) is 67.5 Å². The number of carbonyl (C=O) groups is 1. The Labute approximate surface area is 286 Å². The highest BCUT2D eigenvalue weighted by Crippen LogP contribution is 2.39. The number of ether oxygens (including phenoxy) is 3. The fourth-order valence-corrected chi connectivity index (χ4v) is 6.29. The van der Waals surface area contributed by atoms with E-state index in [2.05, 4.69) is 47.4 Å². The molecule has 0 saturated heterocycles. The van der Waals surface area contributed by atoms with Crippen molar-refractivity contribution in [3.05, 3.63) is 59.3 Å². The number of nitrogens with one attached hydrogen (secondary N) is 1. The first-order chi connectivity index (χ1) is 22.2. The molecule has 0 saturated carbocycles. The molecule has 4 aromatic rings. The van der Waals surface area contributed by atoms with E-state index >= 15 is 0 Å². The molecule has 4 rings (SSSR count). The molecule has 0 bridgehead atoms. The topological polar surface area (TPSA) is 109 Å². The van der Waals surface area contributed by atoms with Crippen LogP contribution in [0.2, 0.25) is 5.02 Å². The highest BCUT2D eigenvalue weighted by atomic mass is 127. The van der Waals surface area contributed by atoms with Crippen LogP contribution in [-0.2, 0) is 16.0 Å². The summed E-state index contributed by atoms with van der Waals surface area (Å²) in [6.07, 6.45) is 0.175. The first-order valence-corrected chi connectivity index (χ1v) is 18.6. The van der Waals surface area contributed by atoms with Crippen molar-refractivity contribution < 1.29 is 41.0 Å². The number of rotatable bonds is 14. The van der Waals surface area contributed by atoms with Gasteiger partial charge in [0.25, 0.3) is 0 Å². The third-order valence-corrected chi connectivity index (χ3v) is 8.66. The molecule has 0 spiro atoms. The lowest BCUT2D eigenvalue weighted by Crippen LogP contribution is -2.37. The number of hydrogen-bond acceptors (Lipinski definition) is 8. The molecule has 11 nitrogen and oxygen atoms in total. The standard InChI is InChI=1S/C28H31ClF5IN7O4P/c1-27(2,3)46-26(43)40(14-17-10-19(30)25(20(31)11-17)45-28(32,33)34)7-4-5-8-44-9-6-36-24-18-13-39-42(47-35)21(18)12-22(23(24)29)41-15-37-38-16-41/h10-13,15-16,36,47H,4-9,14H2,1-3H3. The fraction of sp³-hybridized carbons (Fsp3) is 0.429. The van der Waals surface area contributed by atoms with E-state index in [0.717, 1.165) is 10.9 Å². The molecule has 0 fully saturated rings. The molecule has 0 aliphatic carbocycles.